The summed E-state index contributed by atoms with van der Waals surface area (Å²) in [5.74, 6) is -0.621. The molecule has 9 nitrogen and oxygen atoms in total. The van der Waals surface area contributed by atoms with Crippen molar-refractivity contribution in [2.75, 3.05) is 11.5 Å². The minimum atomic E-state index is -0.628. The molecule has 2 rings (SSSR count). The van der Waals surface area contributed by atoms with Gasteiger partial charge in [-0.05, 0) is 32.9 Å². The topological polar surface area (TPSA) is 135 Å². The molecule has 2 aromatic rings. The van der Waals surface area contributed by atoms with Gasteiger partial charge in [0.15, 0.2) is 0 Å². The van der Waals surface area contributed by atoms with E-state index in [4.69, 9.17) is 11.5 Å². The molecule has 0 aliphatic rings. The molecule has 1 aromatic heterocycles. The molecule has 0 unspecified atom stereocenters. The van der Waals surface area contributed by atoms with Crippen LogP contribution in [-0.2, 0) is 0 Å². The molecule has 4 N–H and O–H groups in total. The maximum Gasteiger partial charge on any atom is 0.411 e. The fraction of sp³-hybridized carbons (Fsp3) is 0.333. The molecule has 0 radical (unpaired) electrons. The molecule has 0 spiro atoms. The monoisotopic (exact) mass is 291 g/mol. The van der Waals surface area contributed by atoms with Crippen molar-refractivity contribution in [1.82, 2.24) is 9.90 Å². The van der Waals surface area contributed by atoms with E-state index >= 15 is 0 Å². The number of benzene rings is 1. The van der Waals surface area contributed by atoms with Gasteiger partial charge in [-0.1, -0.05) is 16.9 Å². The van der Waals surface area contributed by atoms with Crippen LogP contribution in [0.3, 0.4) is 0 Å². The lowest BCUT2D eigenvalue weighted by molar-refractivity contribution is -0.675. The van der Waals surface area contributed by atoms with E-state index in [-0.39, 0.29) is 16.5 Å². The molecule has 1 aromatic carbocycles. The highest BCUT2D eigenvalue weighted by molar-refractivity contribution is 5.56. The summed E-state index contributed by atoms with van der Waals surface area (Å²) in [5, 5.41) is 31.8. The van der Waals surface area contributed by atoms with Crippen LogP contribution >= 0.6 is 0 Å². The van der Waals surface area contributed by atoms with Gasteiger partial charge < -0.3 is 21.9 Å². The number of hydrogen-bond donors (Lipinski definition) is 2. The van der Waals surface area contributed by atoms with Crippen LogP contribution in [-0.4, -0.2) is 20.3 Å². The fourth-order valence-electron chi connectivity index (χ4n) is 1.65. The van der Waals surface area contributed by atoms with Crippen molar-refractivity contribution in [3.8, 4) is 5.69 Å². The zero-order valence-corrected chi connectivity index (χ0v) is 12.0. The highest BCUT2D eigenvalue weighted by atomic mass is 16.5. The van der Waals surface area contributed by atoms with Crippen molar-refractivity contribution >= 4 is 17.3 Å². The number of anilines is 2. The van der Waals surface area contributed by atoms with Gasteiger partial charge >= 0.3 is 11.6 Å². The molecule has 0 saturated carbocycles. The van der Waals surface area contributed by atoms with Crippen LogP contribution < -0.4 is 16.3 Å². The molecule has 112 valence electrons. The molecule has 0 aliphatic heterocycles. The first-order valence-corrected chi connectivity index (χ1v) is 6.24. The Kier molecular flexibility index (Phi) is 3.42. The van der Waals surface area contributed by atoms with Gasteiger partial charge in [-0.3, -0.25) is 0 Å². The summed E-state index contributed by atoms with van der Waals surface area (Å²) in [4.78, 5) is 1.46. The van der Waals surface area contributed by atoms with E-state index in [9.17, 15) is 10.4 Å². The molecule has 0 saturated heterocycles. The third-order valence-corrected chi connectivity index (χ3v) is 2.52. The highest BCUT2D eigenvalue weighted by Crippen LogP contribution is 2.21. The number of nitrogens with two attached hydrogens (primary N) is 2. The van der Waals surface area contributed by atoms with Crippen LogP contribution in [0.15, 0.2) is 29.4 Å². The molecule has 0 fully saturated rings. The zero-order chi connectivity index (χ0) is 15.8. The summed E-state index contributed by atoms with van der Waals surface area (Å²) >= 11 is 0. The van der Waals surface area contributed by atoms with Gasteiger partial charge in [-0.25, -0.2) is 0 Å². The maximum absolute atomic E-state index is 12.0. The SMILES string of the molecule is CC(C)(C)N=[N+]([O-])c1nn(-c2ccccc2N)[n+]([O-])c1N. The number of para-hydroxylation sites is 2. The van der Waals surface area contributed by atoms with Crippen molar-refractivity contribution in [2.24, 2.45) is 5.11 Å². The number of nitrogen functional groups attached to an aromatic ring is 2. The Morgan fingerprint density at radius 2 is 1.90 bits per heavy atom. The normalized spacial score (nSPS) is 12.6. The van der Waals surface area contributed by atoms with Crippen molar-refractivity contribution in [3.05, 3.63) is 34.7 Å². The van der Waals surface area contributed by atoms with Gasteiger partial charge in [0.05, 0.1) is 11.2 Å². The lowest BCUT2D eigenvalue weighted by Crippen LogP contribution is -2.39. The Morgan fingerprint density at radius 1 is 1.29 bits per heavy atom. The number of rotatable bonds is 2. The number of aromatic nitrogens is 3. The molecular weight excluding hydrogens is 274 g/mol. The molecule has 21 heavy (non-hydrogen) atoms. The average Bonchev–Trinajstić information content (AvgIpc) is 2.65. The van der Waals surface area contributed by atoms with E-state index < -0.39 is 5.54 Å². The van der Waals surface area contributed by atoms with Crippen LogP contribution in [0.2, 0.25) is 0 Å². The minimum absolute atomic E-state index is 0.249. The Bertz CT molecular complexity index is 700. The molecule has 0 aliphatic carbocycles. The number of nitrogens with zero attached hydrogens (tertiary/aromatic N) is 5. The van der Waals surface area contributed by atoms with E-state index in [0.29, 0.717) is 16.2 Å². The van der Waals surface area contributed by atoms with E-state index in [1.54, 1.807) is 45.0 Å². The first kappa shape index (κ1) is 14.6. The fourth-order valence-corrected chi connectivity index (χ4v) is 1.65. The molecule has 0 amide bonds. The van der Waals surface area contributed by atoms with E-state index in [1.807, 2.05) is 0 Å². The lowest BCUT2D eigenvalue weighted by Gasteiger charge is -2.12. The van der Waals surface area contributed by atoms with Crippen molar-refractivity contribution < 1.29 is 9.71 Å². The third kappa shape index (κ3) is 2.86. The Labute approximate surface area is 121 Å². The van der Waals surface area contributed by atoms with Crippen molar-refractivity contribution in [2.45, 2.75) is 26.3 Å². The maximum atomic E-state index is 12.0. The molecule has 0 atom stereocenters. The van der Waals surface area contributed by atoms with Gasteiger partial charge in [0, 0.05) is 5.10 Å². The van der Waals surface area contributed by atoms with Gasteiger partial charge in [0.2, 0.25) is 0 Å². The molecule has 9 heteroatoms. The van der Waals surface area contributed by atoms with Gasteiger partial charge in [0.25, 0.3) is 0 Å². The predicted octanol–water partition coefficient (Wildman–Crippen LogP) is 1.06. The highest BCUT2D eigenvalue weighted by Gasteiger charge is 2.25. The second-order valence-electron chi connectivity index (χ2n) is 5.47. The van der Waals surface area contributed by atoms with Crippen molar-refractivity contribution in [1.29, 1.82) is 0 Å². The lowest BCUT2D eigenvalue weighted by atomic mass is 10.1. The second kappa shape index (κ2) is 4.93. The summed E-state index contributed by atoms with van der Waals surface area (Å²) in [7, 11) is 0. The van der Waals surface area contributed by atoms with Crippen LogP contribution in [0.4, 0.5) is 17.3 Å². The summed E-state index contributed by atoms with van der Waals surface area (Å²) in [6.45, 7) is 5.22. The Hall–Kier alpha value is -2.84. The largest absolute Gasteiger partial charge is 0.723 e. The third-order valence-electron chi connectivity index (χ3n) is 2.52. The second-order valence-corrected chi connectivity index (χ2v) is 5.47. The van der Waals surface area contributed by atoms with Crippen LogP contribution in [0.1, 0.15) is 20.8 Å². The quantitative estimate of drug-likeness (QED) is 0.280. The summed E-state index contributed by atoms with van der Waals surface area (Å²) in [5.41, 5.74) is 11.5. The summed E-state index contributed by atoms with van der Waals surface area (Å²) in [6.07, 6.45) is 0. The number of azo groups is 1. The standard InChI is InChI=1S/C12H17N7O2/c1-12(2,3)16-18(20)11-10(14)19(21)17(15-11)9-7-5-4-6-8(9)13/h4-7H,13-14H2,1-3H3. The van der Waals surface area contributed by atoms with Crippen LogP contribution in [0, 0.1) is 10.4 Å². The molecule has 0 bridgehead atoms. The first-order chi connectivity index (χ1) is 9.70. The number of hydrogen-bond acceptors (Lipinski definition) is 6. The van der Waals surface area contributed by atoms with E-state index in [1.165, 1.54) is 0 Å². The molecule has 1 heterocycles. The Morgan fingerprint density at radius 3 is 2.48 bits per heavy atom. The zero-order valence-electron chi connectivity index (χ0n) is 12.0. The smallest absolute Gasteiger partial charge is 0.411 e. The van der Waals surface area contributed by atoms with Crippen molar-refractivity contribution in [3.63, 3.8) is 0 Å². The Balaban J connectivity index is 2.57. The van der Waals surface area contributed by atoms with E-state index in [2.05, 4.69) is 10.2 Å². The van der Waals surface area contributed by atoms with Gasteiger partial charge in [0.1, 0.15) is 5.69 Å². The van der Waals surface area contributed by atoms with Gasteiger partial charge in [-0.15, -0.1) is 9.97 Å². The summed E-state index contributed by atoms with van der Waals surface area (Å²) < 4.78 is 0. The summed E-state index contributed by atoms with van der Waals surface area (Å²) in [6, 6.07) is 6.62. The van der Waals surface area contributed by atoms with Gasteiger partial charge in [-0.2, -0.15) is 4.85 Å². The van der Waals surface area contributed by atoms with Crippen LogP contribution in [0.25, 0.3) is 5.69 Å². The minimum Gasteiger partial charge on any atom is -0.723 e. The van der Waals surface area contributed by atoms with Crippen LogP contribution in [0.5, 0.6) is 0 Å². The average molecular weight is 291 g/mol. The molecular formula is C12H17N7O2. The van der Waals surface area contributed by atoms with E-state index in [0.717, 1.165) is 4.80 Å². The first-order valence-electron chi connectivity index (χ1n) is 6.24. The predicted molar refractivity (Wildman–Crippen MR) is 76.8 cm³/mol.